The first-order valence-electron chi connectivity index (χ1n) is 9.27. The topological polar surface area (TPSA) is 125 Å². The quantitative estimate of drug-likeness (QED) is 0.466. The van der Waals surface area contributed by atoms with Crippen LogP contribution in [0.4, 0.5) is 17.5 Å². The Hall–Kier alpha value is -3.36. The number of rotatable bonds is 8. The molecule has 0 saturated carbocycles. The number of carbonyl (C=O) groups is 1. The fourth-order valence-corrected chi connectivity index (χ4v) is 2.88. The zero-order chi connectivity index (χ0) is 21.5. The second kappa shape index (κ2) is 9.91. The van der Waals surface area contributed by atoms with Crippen LogP contribution in [0.5, 0.6) is 5.75 Å². The first-order valence-corrected chi connectivity index (χ1v) is 9.65. The number of nitrogens with two attached hydrogens (primary N) is 2. The lowest BCUT2D eigenvalue weighted by Gasteiger charge is -2.13. The van der Waals surface area contributed by atoms with Crippen LogP contribution < -0.4 is 21.5 Å². The molecule has 9 heteroatoms. The molecule has 30 heavy (non-hydrogen) atoms. The highest BCUT2D eigenvalue weighted by Crippen LogP contribution is 2.33. The van der Waals surface area contributed by atoms with Gasteiger partial charge in [0, 0.05) is 22.3 Å². The van der Waals surface area contributed by atoms with Gasteiger partial charge in [-0.1, -0.05) is 23.7 Å². The summed E-state index contributed by atoms with van der Waals surface area (Å²) in [6, 6.07) is 14.4. The van der Waals surface area contributed by atoms with E-state index in [1.165, 1.54) is 0 Å². The van der Waals surface area contributed by atoms with Crippen molar-refractivity contribution in [3.8, 4) is 17.0 Å². The zero-order valence-electron chi connectivity index (χ0n) is 16.4. The second-order valence-electron chi connectivity index (χ2n) is 6.26. The lowest BCUT2D eigenvalue weighted by Crippen LogP contribution is -2.16. The molecule has 0 aliphatic heterocycles. The molecule has 0 unspecified atom stereocenters. The third-order valence-corrected chi connectivity index (χ3v) is 4.29. The van der Waals surface area contributed by atoms with E-state index in [1.807, 2.05) is 31.2 Å². The smallest absolute Gasteiger partial charge is 0.320 e. The van der Waals surface area contributed by atoms with E-state index < -0.39 is 5.97 Å². The van der Waals surface area contributed by atoms with Crippen LogP contribution in [0.15, 0.2) is 48.5 Å². The molecule has 0 aliphatic carbocycles. The largest absolute Gasteiger partial charge is 0.493 e. The maximum absolute atomic E-state index is 11.2. The third kappa shape index (κ3) is 5.59. The Kier molecular flexibility index (Phi) is 7.05. The molecular formula is C21H22ClN5O3. The van der Waals surface area contributed by atoms with Crippen LogP contribution in [0.2, 0.25) is 5.02 Å². The van der Waals surface area contributed by atoms with Crippen molar-refractivity contribution in [2.45, 2.75) is 13.5 Å². The van der Waals surface area contributed by atoms with E-state index in [1.54, 1.807) is 24.3 Å². The fourth-order valence-electron chi connectivity index (χ4n) is 2.71. The van der Waals surface area contributed by atoms with E-state index in [9.17, 15) is 4.79 Å². The zero-order valence-corrected chi connectivity index (χ0v) is 17.1. The highest BCUT2D eigenvalue weighted by Gasteiger charge is 2.12. The van der Waals surface area contributed by atoms with Crippen molar-refractivity contribution in [3.63, 3.8) is 0 Å². The minimum Gasteiger partial charge on any atom is -0.493 e. The van der Waals surface area contributed by atoms with Gasteiger partial charge < -0.3 is 26.3 Å². The molecule has 0 fully saturated rings. The van der Waals surface area contributed by atoms with Gasteiger partial charge in [0.15, 0.2) is 0 Å². The van der Waals surface area contributed by atoms with Crippen LogP contribution in [0.1, 0.15) is 12.5 Å². The number of hydrogen-bond acceptors (Lipinski definition) is 8. The Bertz CT molecular complexity index is 1030. The molecule has 0 spiro atoms. The summed E-state index contributed by atoms with van der Waals surface area (Å²) in [6.07, 6.45) is 0. The summed E-state index contributed by atoms with van der Waals surface area (Å²) in [6.45, 7) is 2.43. The number of carbonyl (C=O) groups excluding carboxylic acids is 1. The molecule has 3 aromatic rings. The number of nitrogen functional groups attached to an aromatic ring is 1. The van der Waals surface area contributed by atoms with Crippen molar-refractivity contribution in [1.82, 2.24) is 9.97 Å². The van der Waals surface area contributed by atoms with Crippen LogP contribution in [0.25, 0.3) is 11.3 Å². The van der Waals surface area contributed by atoms with E-state index in [4.69, 9.17) is 32.5 Å². The van der Waals surface area contributed by atoms with Crippen molar-refractivity contribution in [2.24, 2.45) is 5.73 Å². The summed E-state index contributed by atoms with van der Waals surface area (Å²) in [5, 5.41) is 3.75. The summed E-state index contributed by atoms with van der Waals surface area (Å²) in [7, 11) is 0. The van der Waals surface area contributed by atoms with Crippen molar-refractivity contribution in [3.05, 3.63) is 59.1 Å². The number of esters is 1. The standard InChI is InChI=1S/C21H22ClN5O3/c1-2-29-18-8-5-14(22)9-16(18)17-10-19(27-21(24)26-17)25-15-6-3-13(4-7-15)12-30-20(28)11-23/h3-10H,2,11-12,23H2,1H3,(H3,24,25,26,27). The molecule has 3 rings (SSSR count). The van der Waals surface area contributed by atoms with Gasteiger partial charge in [-0.15, -0.1) is 0 Å². The van der Waals surface area contributed by atoms with Crippen LogP contribution >= 0.6 is 11.6 Å². The maximum Gasteiger partial charge on any atom is 0.320 e. The van der Waals surface area contributed by atoms with Gasteiger partial charge in [-0.2, -0.15) is 4.98 Å². The van der Waals surface area contributed by atoms with Gasteiger partial charge in [-0.25, -0.2) is 4.98 Å². The predicted octanol–water partition coefficient (Wildman–Crippen LogP) is 3.52. The van der Waals surface area contributed by atoms with Crippen LogP contribution in [-0.4, -0.2) is 29.1 Å². The highest BCUT2D eigenvalue weighted by atomic mass is 35.5. The van der Waals surface area contributed by atoms with Crippen LogP contribution in [-0.2, 0) is 16.1 Å². The van der Waals surface area contributed by atoms with Gasteiger partial charge in [-0.3, -0.25) is 4.79 Å². The Morgan fingerprint density at radius 3 is 2.60 bits per heavy atom. The molecule has 156 valence electrons. The molecular weight excluding hydrogens is 406 g/mol. The molecule has 0 saturated heterocycles. The van der Waals surface area contributed by atoms with Gasteiger partial charge in [0.25, 0.3) is 0 Å². The molecule has 0 aliphatic rings. The van der Waals surface area contributed by atoms with Gasteiger partial charge in [0.1, 0.15) is 18.2 Å². The monoisotopic (exact) mass is 427 g/mol. The molecule has 8 nitrogen and oxygen atoms in total. The summed E-state index contributed by atoms with van der Waals surface area (Å²) in [5.41, 5.74) is 14.1. The summed E-state index contributed by atoms with van der Waals surface area (Å²) in [5.74, 6) is 0.834. The Morgan fingerprint density at radius 2 is 1.90 bits per heavy atom. The Balaban J connectivity index is 1.81. The Labute approximate surface area is 179 Å². The Morgan fingerprint density at radius 1 is 1.13 bits per heavy atom. The summed E-state index contributed by atoms with van der Waals surface area (Å²) in [4.78, 5) is 19.7. The maximum atomic E-state index is 11.2. The predicted molar refractivity (Wildman–Crippen MR) is 117 cm³/mol. The van der Waals surface area contributed by atoms with E-state index in [0.29, 0.717) is 28.9 Å². The SMILES string of the molecule is CCOc1ccc(Cl)cc1-c1cc(Nc2ccc(COC(=O)CN)cc2)nc(N)n1. The average molecular weight is 428 g/mol. The van der Waals surface area contributed by atoms with Crippen molar-refractivity contribution in [1.29, 1.82) is 0 Å². The number of ether oxygens (including phenoxy) is 2. The summed E-state index contributed by atoms with van der Waals surface area (Å²) < 4.78 is 10.7. The minimum atomic E-state index is -0.450. The lowest BCUT2D eigenvalue weighted by atomic mass is 10.1. The molecule has 0 radical (unpaired) electrons. The number of nitrogens with zero attached hydrogens (tertiary/aromatic N) is 2. The molecule has 0 bridgehead atoms. The molecule has 2 aromatic carbocycles. The minimum absolute atomic E-state index is 0.114. The highest BCUT2D eigenvalue weighted by molar-refractivity contribution is 6.31. The molecule has 5 N–H and O–H groups in total. The van der Waals surface area contributed by atoms with Crippen molar-refractivity contribution >= 4 is 35.0 Å². The van der Waals surface area contributed by atoms with E-state index >= 15 is 0 Å². The van der Waals surface area contributed by atoms with E-state index in [0.717, 1.165) is 16.8 Å². The molecule has 1 aromatic heterocycles. The van der Waals surface area contributed by atoms with Crippen LogP contribution in [0.3, 0.4) is 0 Å². The van der Waals surface area contributed by atoms with Crippen molar-refractivity contribution < 1.29 is 14.3 Å². The molecule has 1 heterocycles. The lowest BCUT2D eigenvalue weighted by molar-refractivity contribution is -0.143. The number of hydrogen-bond donors (Lipinski definition) is 3. The molecule has 0 amide bonds. The number of halogens is 1. The molecule has 0 atom stereocenters. The number of aromatic nitrogens is 2. The number of anilines is 3. The van der Waals surface area contributed by atoms with Gasteiger partial charge in [-0.05, 0) is 42.8 Å². The van der Waals surface area contributed by atoms with Gasteiger partial charge >= 0.3 is 5.97 Å². The van der Waals surface area contributed by atoms with E-state index in [-0.39, 0.29) is 19.1 Å². The van der Waals surface area contributed by atoms with Crippen molar-refractivity contribution in [2.75, 3.05) is 24.2 Å². The number of benzene rings is 2. The van der Waals surface area contributed by atoms with Crippen LogP contribution in [0, 0.1) is 0 Å². The first kappa shape index (κ1) is 21.4. The third-order valence-electron chi connectivity index (χ3n) is 4.05. The summed E-state index contributed by atoms with van der Waals surface area (Å²) >= 11 is 6.16. The second-order valence-corrected chi connectivity index (χ2v) is 6.69. The van der Waals surface area contributed by atoms with Gasteiger partial charge in [0.05, 0.1) is 18.8 Å². The number of nitrogens with one attached hydrogen (secondary N) is 1. The first-order chi connectivity index (χ1) is 14.5. The fraction of sp³-hybridized carbons (Fsp3) is 0.190. The van der Waals surface area contributed by atoms with Gasteiger partial charge in [0.2, 0.25) is 5.95 Å². The normalized spacial score (nSPS) is 10.5. The van der Waals surface area contributed by atoms with E-state index in [2.05, 4.69) is 15.3 Å². The average Bonchev–Trinajstić information content (AvgIpc) is 2.74.